The molecule has 0 aliphatic carbocycles. The number of nitrogens with zero attached hydrogens (tertiary/aromatic N) is 1. The van der Waals surface area contributed by atoms with Crippen LogP contribution in [0.1, 0.15) is 15.9 Å². The Labute approximate surface area is 156 Å². The lowest BCUT2D eigenvalue weighted by Crippen LogP contribution is -2.37. The second kappa shape index (κ2) is 8.03. The average Bonchev–Trinajstić information content (AvgIpc) is 2.66. The minimum atomic E-state index is -3.99. The Morgan fingerprint density at radius 1 is 1.19 bits per heavy atom. The third-order valence-corrected chi connectivity index (χ3v) is 5.10. The smallest absolute Gasteiger partial charge is 0.340 e. The van der Waals surface area contributed by atoms with Crippen LogP contribution in [0.25, 0.3) is 0 Å². The van der Waals surface area contributed by atoms with E-state index in [1.165, 1.54) is 36.4 Å². The number of hydrogen-bond acceptors (Lipinski definition) is 6. The molecule has 144 valence electrons. The van der Waals surface area contributed by atoms with Crippen molar-refractivity contribution in [2.45, 2.75) is 11.5 Å². The number of anilines is 1. The first-order chi connectivity index (χ1) is 12.9. The van der Waals surface area contributed by atoms with Crippen LogP contribution in [0.15, 0.2) is 47.4 Å². The fourth-order valence-electron chi connectivity index (χ4n) is 2.77. The molecule has 9 heteroatoms. The average molecular weight is 394 g/mol. The number of morpholine rings is 1. The molecule has 0 radical (unpaired) electrons. The first-order valence-electron chi connectivity index (χ1n) is 8.26. The lowest BCUT2D eigenvalue weighted by Gasteiger charge is -2.30. The summed E-state index contributed by atoms with van der Waals surface area (Å²) in [6.45, 7) is 1.79. The van der Waals surface area contributed by atoms with Crippen molar-refractivity contribution in [1.82, 2.24) is 0 Å². The Hall–Kier alpha value is -2.49. The van der Waals surface area contributed by atoms with Crippen molar-refractivity contribution in [2.24, 2.45) is 5.14 Å². The number of sulfonamides is 1. The molecule has 0 amide bonds. The first kappa shape index (κ1) is 19.3. The molecule has 2 N–H and O–H groups in total. The molecule has 1 saturated heterocycles. The van der Waals surface area contributed by atoms with E-state index in [0.29, 0.717) is 32.0 Å². The quantitative estimate of drug-likeness (QED) is 0.775. The molecular formula is C18H19FN2O5S. The van der Waals surface area contributed by atoms with Gasteiger partial charge in [-0.1, -0.05) is 18.2 Å². The van der Waals surface area contributed by atoms with E-state index in [1.807, 2.05) is 4.90 Å². The summed E-state index contributed by atoms with van der Waals surface area (Å²) >= 11 is 0. The Balaban J connectivity index is 1.90. The molecule has 1 aliphatic heterocycles. The largest absolute Gasteiger partial charge is 0.457 e. The van der Waals surface area contributed by atoms with E-state index < -0.39 is 21.8 Å². The molecule has 0 aromatic heterocycles. The molecule has 0 unspecified atom stereocenters. The lowest BCUT2D eigenvalue weighted by atomic mass is 10.1. The standard InChI is InChI=1S/C18H19FN2O5S/c19-16-4-2-1-3-13(16)12-26-18(22)15-11-14(27(20,23)24)5-6-17(15)21-7-9-25-10-8-21/h1-6,11H,7-10,12H2,(H2,20,23,24). The monoisotopic (exact) mass is 394 g/mol. The van der Waals surface area contributed by atoms with Crippen LogP contribution in [0.4, 0.5) is 10.1 Å². The highest BCUT2D eigenvalue weighted by Gasteiger charge is 2.23. The van der Waals surface area contributed by atoms with Crippen LogP contribution in [-0.2, 0) is 26.1 Å². The van der Waals surface area contributed by atoms with Crippen molar-refractivity contribution in [3.8, 4) is 0 Å². The van der Waals surface area contributed by atoms with E-state index in [1.54, 1.807) is 6.07 Å². The number of primary sulfonamides is 1. The zero-order chi connectivity index (χ0) is 19.4. The van der Waals surface area contributed by atoms with Crippen LogP contribution in [0, 0.1) is 5.82 Å². The van der Waals surface area contributed by atoms with Gasteiger partial charge in [0.2, 0.25) is 10.0 Å². The van der Waals surface area contributed by atoms with Gasteiger partial charge in [-0.3, -0.25) is 0 Å². The van der Waals surface area contributed by atoms with Crippen molar-refractivity contribution in [3.05, 3.63) is 59.4 Å². The van der Waals surface area contributed by atoms with Crippen LogP contribution in [0.5, 0.6) is 0 Å². The molecule has 0 bridgehead atoms. The fraction of sp³-hybridized carbons (Fsp3) is 0.278. The van der Waals surface area contributed by atoms with Crippen molar-refractivity contribution in [3.63, 3.8) is 0 Å². The molecule has 0 atom stereocenters. The Bertz CT molecular complexity index is 943. The van der Waals surface area contributed by atoms with E-state index in [9.17, 15) is 17.6 Å². The summed E-state index contributed by atoms with van der Waals surface area (Å²) in [6.07, 6.45) is 0. The number of nitrogens with two attached hydrogens (primary N) is 1. The van der Waals surface area contributed by atoms with E-state index in [-0.39, 0.29) is 22.6 Å². The normalized spacial score (nSPS) is 14.8. The second-order valence-corrected chi connectivity index (χ2v) is 7.55. The number of esters is 1. The highest BCUT2D eigenvalue weighted by Crippen LogP contribution is 2.26. The summed E-state index contributed by atoms with van der Waals surface area (Å²) in [4.78, 5) is 14.3. The minimum Gasteiger partial charge on any atom is -0.457 e. The van der Waals surface area contributed by atoms with Gasteiger partial charge in [0.15, 0.2) is 0 Å². The zero-order valence-electron chi connectivity index (χ0n) is 14.4. The topological polar surface area (TPSA) is 98.9 Å². The molecule has 0 spiro atoms. The van der Waals surface area contributed by atoms with E-state index in [2.05, 4.69) is 0 Å². The van der Waals surface area contributed by atoms with E-state index in [4.69, 9.17) is 14.6 Å². The Morgan fingerprint density at radius 2 is 1.89 bits per heavy atom. The maximum atomic E-state index is 13.7. The Kier molecular flexibility index (Phi) is 5.73. The third kappa shape index (κ3) is 4.62. The Morgan fingerprint density at radius 3 is 2.56 bits per heavy atom. The molecule has 27 heavy (non-hydrogen) atoms. The van der Waals surface area contributed by atoms with Crippen molar-refractivity contribution in [1.29, 1.82) is 0 Å². The molecular weight excluding hydrogens is 375 g/mol. The van der Waals surface area contributed by atoms with Gasteiger partial charge < -0.3 is 14.4 Å². The summed E-state index contributed by atoms with van der Waals surface area (Å²) in [5, 5.41) is 5.18. The predicted molar refractivity (Wildman–Crippen MR) is 96.4 cm³/mol. The van der Waals surface area contributed by atoms with Crippen LogP contribution in [0.3, 0.4) is 0 Å². The van der Waals surface area contributed by atoms with Crippen molar-refractivity contribution < 1.29 is 27.1 Å². The lowest BCUT2D eigenvalue weighted by molar-refractivity contribution is 0.0468. The van der Waals surface area contributed by atoms with Gasteiger partial charge in [0, 0.05) is 18.7 Å². The van der Waals surface area contributed by atoms with Crippen LogP contribution in [-0.4, -0.2) is 40.7 Å². The molecule has 1 heterocycles. The maximum Gasteiger partial charge on any atom is 0.340 e. The van der Waals surface area contributed by atoms with Crippen LogP contribution in [0.2, 0.25) is 0 Å². The number of rotatable bonds is 5. The molecule has 1 aliphatic rings. The molecule has 1 fully saturated rings. The number of halogens is 1. The molecule has 7 nitrogen and oxygen atoms in total. The zero-order valence-corrected chi connectivity index (χ0v) is 15.2. The van der Waals surface area contributed by atoms with Gasteiger partial charge in [0.1, 0.15) is 12.4 Å². The molecule has 0 saturated carbocycles. The number of benzene rings is 2. The van der Waals surface area contributed by atoms with Crippen molar-refractivity contribution in [2.75, 3.05) is 31.2 Å². The van der Waals surface area contributed by atoms with E-state index >= 15 is 0 Å². The number of carbonyl (C=O) groups excluding carboxylic acids is 1. The van der Waals surface area contributed by atoms with E-state index in [0.717, 1.165) is 0 Å². The van der Waals surface area contributed by atoms with Gasteiger partial charge in [-0.05, 0) is 24.3 Å². The maximum absolute atomic E-state index is 13.7. The number of carbonyl (C=O) groups is 1. The first-order valence-corrected chi connectivity index (χ1v) is 9.81. The third-order valence-electron chi connectivity index (χ3n) is 4.18. The highest BCUT2D eigenvalue weighted by molar-refractivity contribution is 7.89. The number of ether oxygens (including phenoxy) is 2. The van der Waals surface area contributed by atoms with Gasteiger partial charge in [0.05, 0.1) is 29.4 Å². The molecule has 3 rings (SSSR count). The fourth-order valence-corrected chi connectivity index (χ4v) is 3.31. The van der Waals surface area contributed by atoms with Gasteiger partial charge in [-0.15, -0.1) is 0 Å². The molecule has 2 aromatic carbocycles. The van der Waals surface area contributed by atoms with Crippen LogP contribution >= 0.6 is 0 Å². The van der Waals surface area contributed by atoms with Crippen molar-refractivity contribution >= 4 is 21.7 Å². The predicted octanol–water partition coefficient (Wildman–Crippen LogP) is 1.67. The summed E-state index contributed by atoms with van der Waals surface area (Å²) in [6, 6.07) is 9.98. The summed E-state index contributed by atoms with van der Waals surface area (Å²) in [5.74, 6) is -1.25. The van der Waals surface area contributed by atoms with Gasteiger partial charge in [0.25, 0.3) is 0 Å². The van der Waals surface area contributed by atoms with Gasteiger partial charge in [-0.25, -0.2) is 22.7 Å². The van der Waals surface area contributed by atoms with Crippen LogP contribution < -0.4 is 10.0 Å². The second-order valence-electron chi connectivity index (χ2n) is 5.99. The van der Waals surface area contributed by atoms with Gasteiger partial charge in [-0.2, -0.15) is 0 Å². The summed E-state index contributed by atoms with van der Waals surface area (Å²) in [7, 11) is -3.99. The summed E-state index contributed by atoms with van der Waals surface area (Å²) in [5.41, 5.74) is 0.797. The summed E-state index contributed by atoms with van der Waals surface area (Å²) < 4.78 is 47.6. The van der Waals surface area contributed by atoms with Gasteiger partial charge >= 0.3 is 5.97 Å². The molecule has 2 aromatic rings. The SMILES string of the molecule is NS(=O)(=O)c1ccc(N2CCOCC2)c(C(=O)OCc2ccccc2F)c1. The minimum absolute atomic E-state index is 0.0553. The number of hydrogen-bond donors (Lipinski definition) is 1. The highest BCUT2D eigenvalue weighted by atomic mass is 32.2.